The quantitative estimate of drug-likeness (QED) is 0.672. The van der Waals surface area contributed by atoms with Gasteiger partial charge >= 0.3 is 5.97 Å². The van der Waals surface area contributed by atoms with E-state index in [1.807, 2.05) is 12.1 Å². The van der Waals surface area contributed by atoms with Crippen molar-refractivity contribution in [2.75, 3.05) is 0 Å². The summed E-state index contributed by atoms with van der Waals surface area (Å²) in [7, 11) is 0. The first kappa shape index (κ1) is 9.64. The molecule has 0 aromatic heterocycles. The van der Waals surface area contributed by atoms with Gasteiger partial charge in [-0.1, -0.05) is 30.7 Å². The van der Waals surface area contributed by atoms with E-state index in [1.165, 1.54) is 31.7 Å². The Kier molecular flexibility index (Phi) is 1.93. The van der Waals surface area contributed by atoms with Gasteiger partial charge in [0.2, 0.25) is 0 Å². The van der Waals surface area contributed by atoms with Gasteiger partial charge in [0, 0.05) is 17.9 Å². The van der Waals surface area contributed by atoms with Crippen LogP contribution in [0.1, 0.15) is 37.3 Å². The number of benzene rings is 1. The lowest BCUT2D eigenvalue weighted by molar-refractivity contribution is -0.134. The number of carbonyl (C=O) groups is 1. The molecule has 1 aromatic carbocycles. The SMILES string of the molecule is CC(=O)OC1=CC2(CCC2)c2ccccc21. The molecule has 0 radical (unpaired) electrons. The van der Waals surface area contributed by atoms with Crippen molar-refractivity contribution in [3.8, 4) is 0 Å². The van der Waals surface area contributed by atoms with E-state index < -0.39 is 0 Å². The van der Waals surface area contributed by atoms with Crippen molar-refractivity contribution in [1.29, 1.82) is 0 Å². The fourth-order valence-corrected chi connectivity index (χ4v) is 2.75. The van der Waals surface area contributed by atoms with Crippen molar-refractivity contribution < 1.29 is 9.53 Å². The lowest BCUT2D eigenvalue weighted by Crippen LogP contribution is -2.30. The molecule has 0 saturated heterocycles. The van der Waals surface area contributed by atoms with Gasteiger partial charge in [-0.2, -0.15) is 0 Å². The van der Waals surface area contributed by atoms with E-state index in [0.29, 0.717) is 0 Å². The molecule has 2 aliphatic carbocycles. The zero-order valence-corrected chi connectivity index (χ0v) is 9.32. The van der Waals surface area contributed by atoms with Gasteiger partial charge in [0.1, 0.15) is 5.76 Å². The van der Waals surface area contributed by atoms with E-state index in [9.17, 15) is 4.79 Å². The number of carbonyl (C=O) groups excluding carboxylic acids is 1. The standard InChI is InChI=1S/C14H14O2/c1-10(15)16-13-9-14(7-4-8-14)12-6-3-2-5-11(12)13/h2-3,5-6,9H,4,7-8H2,1H3. The third-order valence-corrected chi connectivity index (χ3v) is 3.64. The Labute approximate surface area is 94.9 Å². The first-order valence-corrected chi connectivity index (χ1v) is 5.72. The third kappa shape index (κ3) is 1.22. The molecule has 0 aliphatic heterocycles. The molecule has 0 N–H and O–H groups in total. The number of allylic oxidation sites excluding steroid dienone is 1. The molecule has 82 valence electrons. The molecule has 1 fully saturated rings. The summed E-state index contributed by atoms with van der Waals surface area (Å²) >= 11 is 0. The molecule has 1 spiro atoms. The number of hydrogen-bond donors (Lipinski definition) is 0. The van der Waals surface area contributed by atoms with E-state index in [-0.39, 0.29) is 11.4 Å². The molecule has 16 heavy (non-hydrogen) atoms. The molecular weight excluding hydrogens is 200 g/mol. The van der Waals surface area contributed by atoms with Gasteiger partial charge in [0.25, 0.3) is 0 Å². The van der Waals surface area contributed by atoms with Crippen LogP contribution in [0.2, 0.25) is 0 Å². The van der Waals surface area contributed by atoms with E-state index in [1.54, 1.807) is 0 Å². The van der Waals surface area contributed by atoms with Gasteiger partial charge in [-0.25, -0.2) is 0 Å². The molecule has 0 amide bonds. The van der Waals surface area contributed by atoms with E-state index >= 15 is 0 Å². The average Bonchev–Trinajstić information content (AvgIpc) is 2.53. The first-order valence-electron chi connectivity index (χ1n) is 5.72. The summed E-state index contributed by atoms with van der Waals surface area (Å²) in [5.41, 5.74) is 2.59. The lowest BCUT2D eigenvalue weighted by Gasteiger charge is -2.37. The third-order valence-electron chi connectivity index (χ3n) is 3.64. The van der Waals surface area contributed by atoms with Crippen molar-refractivity contribution in [2.24, 2.45) is 0 Å². The van der Waals surface area contributed by atoms with Gasteiger partial charge in [-0.05, 0) is 24.5 Å². The van der Waals surface area contributed by atoms with Crippen LogP contribution in [0.15, 0.2) is 30.3 Å². The minimum absolute atomic E-state index is 0.168. The van der Waals surface area contributed by atoms with Gasteiger partial charge in [-0.15, -0.1) is 0 Å². The second-order valence-electron chi connectivity index (χ2n) is 4.66. The highest BCUT2D eigenvalue weighted by atomic mass is 16.5. The van der Waals surface area contributed by atoms with E-state index in [2.05, 4.69) is 18.2 Å². The number of esters is 1. The highest BCUT2D eigenvalue weighted by Gasteiger charge is 2.43. The van der Waals surface area contributed by atoms with Gasteiger partial charge in [0.05, 0.1) is 0 Å². The van der Waals surface area contributed by atoms with Crippen LogP contribution in [-0.4, -0.2) is 5.97 Å². The zero-order chi connectivity index (χ0) is 11.2. The number of fused-ring (bicyclic) bond motifs is 2. The Bertz CT molecular complexity index is 481. The minimum atomic E-state index is -0.238. The monoisotopic (exact) mass is 214 g/mol. The zero-order valence-electron chi connectivity index (χ0n) is 9.32. The largest absolute Gasteiger partial charge is 0.426 e. The highest BCUT2D eigenvalue weighted by Crippen LogP contribution is 2.52. The Morgan fingerprint density at radius 2 is 2.06 bits per heavy atom. The summed E-state index contributed by atoms with van der Waals surface area (Å²) in [4.78, 5) is 11.1. The van der Waals surface area contributed by atoms with Crippen molar-refractivity contribution in [3.63, 3.8) is 0 Å². The summed E-state index contributed by atoms with van der Waals surface area (Å²) in [5.74, 6) is 0.514. The molecule has 0 unspecified atom stereocenters. The fourth-order valence-electron chi connectivity index (χ4n) is 2.75. The van der Waals surface area contributed by atoms with Crippen LogP contribution in [0.25, 0.3) is 5.76 Å². The lowest BCUT2D eigenvalue weighted by atomic mass is 9.66. The molecule has 1 saturated carbocycles. The van der Waals surface area contributed by atoms with Crippen LogP contribution in [0, 0.1) is 0 Å². The summed E-state index contributed by atoms with van der Waals surface area (Å²) in [6, 6.07) is 8.25. The minimum Gasteiger partial charge on any atom is -0.426 e. The van der Waals surface area contributed by atoms with Crippen LogP contribution in [-0.2, 0) is 14.9 Å². The van der Waals surface area contributed by atoms with Crippen molar-refractivity contribution in [1.82, 2.24) is 0 Å². The van der Waals surface area contributed by atoms with Crippen LogP contribution in [0.4, 0.5) is 0 Å². The average molecular weight is 214 g/mol. The maximum Gasteiger partial charge on any atom is 0.308 e. The summed E-state index contributed by atoms with van der Waals surface area (Å²) in [5, 5.41) is 0. The first-order chi connectivity index (χ1) is 7.71. The van der Waals surface area contributed by atoms with Gasteiger partial charge < -0.3 is 4.74 Å². The maximum absolute atomic E-state index is 11.1. The predicted octanol–water partition coefficient (Wildman–Crippen LogP) is 3.03. The molecule has 0 atom stereocenters. The predicted molar refractivity (Wildman–Crippen MR) is 61.7 cm³/mol. The van der Waals surface area contributed by atoms with Gasteiger partial charge in [0.15, 0.2) is 0 Å². The summed E-state index contributed by atoms with van der Waals surface area (Å²) in [6.45, 7) is 1.45. The van der Waals surface area contributed by atoms with Crippen LogP contribution in [0.3, 0.4) is 0 Å². The summed E-state index contributed by atoms with van der Waals surface area (Å²) < 4.78 is 5.29. The smallest absolute Gasteiger partial charge is 0.308 e. The van der Waals surface area contributed by atoms with E-state index in [0.717, 1.165) is 11.3 Å². The van der Waals surface area contributed by atoms with Crippen molar-refractivity contribution in [3.05, 3.63) is 41.5 Å². The molecule has 0 bridgehead atoms. The highest BCUT2D eigenvalue weighted by molar-refractivity contribution is 5.81. The number of rotatable bonds is 1. The second-order valence-corrected chi connectivity index (χ2v) is 4.66. The van der Waals surface area contributed by atoms with Crippen molar-refractivity contribution >= 4 is 11.7 Å². The van der Waals surface area contributed by atoms with E-state index in [4.69, 9.17) is 4.74 Å². The molecule has 2 aliphatic rings. The maximum atomic E-state index is 11.1. The Balaban J connectivity index is 2.07. The van der Waals surface area contributed by atoms with Crippen LogP contribution >= 0.6 is 0 Å². The number of ether oxygens (including phenoxy) is 1. The van der Waals surface area contributed by atoms with Gasteiger partial charge in [-0.3, -0.25) is 4.79 Å². The second kappa shape index (κ2) is 3.21. The Hall–Kier alpha value is -1.57. The Morgan fingerprint density at radius 3 is 2.69 bits per heavy atom. The summed E-state index contributed by atoms with van der Waals surface area (Å²) in [6.07, 6.45) is 5.75. The molecular formula is C14H14O2. The van der Waals surface area contributed by atoms with Crippen LogP contribution in [0.5, 0.6) is 0 Å². The topological polar surface area (TPSA) is 26.3 Å². The van der Waals surface area contributed by atoms with Crippen molar-refractivity contribution in [2.45, 2.75) is 31.6 Å². The number of hydrogen-bond acceptors (Lipinski definition) is 2. The normalized spacial score (nSPS) is 19.9. The molecule has 1 aromatic rings. The fraction of sp³-hybridized carbons (Fsp3) is 0.357. The van der Waals surface area contributed by atoms with Crippen LogP contribution < -0.4 is 0 Å². The molecule has 2 nitrogen and oxygen atoms in total. The molecule has 3 rings (SSSR count). The molecule has 2 heteroatoms. The molecule has 0 heterocycles. The Morgan fingerprint density at radius 1 is 1.31 bits per heavy atom.